The van der Waals surface area contributed by atoms with Gasteiger partial charge in [-0.15, -0.1) is 0 Å². The van der Waals surface area contributed by atoms with Gasteiger partial charge in [-0.3, -0.25) is 14.4 Å². The summed E-state index contributed by atoms with van der Waals surface area (Å²) in [4.78, 5) is 46.1. The van der Waals surface area contributed by atoms with Gasteiger partial charge in [-0.2, -0.15) is 5.10 Å². The van der Waals surface area contributed by atoms with E-state index >= 15 is 0 Å². The molecule has 0 saturated heterocycles. The van der Waals surface area contributed by atoms with Crippen LogP contribution in [-0.2, 0) is 23.0 Å². The summed E-state index contributed by atoms with van der Waals surface area (Å²) >= 11 is 0. The molecule has 2 heterocycles. The standard InChI is InChI=1S/C31H47FN8O5/c1-31(2,3)45-29(42)34-15-7-5-6-14-33-26(41)19-40(30(43)44)22-12-10-21(11-13-22)37-28-35-18-24(32)27(38-28)23-17-36-39(4)25(23)16-20-8-9-20/h17-18,20-22H,5-16,19H2,1-4H3,(H,33,41)(H,34,42)(H,43,44)(H,35,37,38)/t21-,22-. The Morgan fingerprint density at radius 2 is 1.73 bits per heavy atom. The van der Waals surface area contributed by atoms with E-state index in [1.807, 2.05) is 7.05 Å². The maximum atomic E-state index is 14.8. The van der Waals surface area contributed by atoms with E-state index in [2.05, 4.69) is 31.0 Å². The predicted molar refractivity (Wildman–Crippen MR) is 166 cm³/mol. The van der Waals surface area contributed by atoms with Crippen LogP contribution in [0.2, 0.25) is 0 Å². The highest BCUT2D eigenvalue weighted by molar-refractivity contribution is 5.81. The van der Waals surface area contributed by atoms with Gasteiger partial charge in [-0.25, -0.2) is 23.9 Å². The molecule has 248 valence electrons. The summed E-state index contributed by atoms with van der Waals surface area (Å²) < 4.78 is 21.8. The molecule has 2 aromatic rings. The van der Waals surface area contributed by atoms with Crippen LogP contribution in [0, 0.1) is 11.7 Å². The maximum absolute atomic E-state index is 14.8. The molecule has 4 rings (SSSR count). The average molecular weight is 631 g/mol. The fourth-order valence-corrected chi connectivity index (χ4v) is 5.56. The molecule has 4 N–H and O–H groups in total. The number of unbranched alkanes of at least 4 members (excludes halogenated alkanes) is 2. The van der Waals surface area contributed by atoms with Crippen molar-refractivity contribution < 1.29 is 28.6 Å². The Hall–Kier alpha value is -3.97. The van der Waals surface area contributed by atoms with Gasteiger partial charge in [0.2, 0.25) is 11.9 Å². The number of aryl methyl sites for hydroxylation is 1. The summed E-state index contributed by atoms with van der Waals surface area (Å²) in [5, 5.41) is 23.0. The van der Waals surface area contributed by atoms with Gasteiger partial charge in [-0.1, -0.05) is 0 Å². The van der Waals surface area contributed by atoms with Crippen LogP contribution >= 0.6 is 0 Å². The van der Waals surface area contributed by atoms with Crippen molar-refractivity contribution in [2.75, 3.05) is 25.0 Å². The number of nitrogens with zero attached hydrogens (tertiary/aromatic N) is 5. The fraction of sp³-hybridized carbons (Fsp3) is 0.677. The third kappa shape index (κ3) is 10.6. The van der Waals surface area contributed by atoms with E-state index in [0.717, 1.165) is 25.0 Å². The van der Waals surface area contributed by atoms with Crippen LogP contribution in [0.25, 0.3) is 11.3 Å². The SMILES string of the molecule is Cn1ncc(-c2nc(N[C@H]3CC[C@H](N(CC(=O)NCCCCCNC(=O)OC(C)(C)C)C(=O)O)CC3)ncc2F)c1CC1CC1. The lowest BCUT2D eigenvalue weighted by molar-refractivity contribution is -0.122. The summed E-state index contributed by atoms with van der Waals surface area (Å²) in [6.45, 7) is 6.09. The van der Waals surface area contributed by atoms with E-state index in [-0.39, 0.29) is 30.2 Å². The van der Waals surface area contributed by atoms with Crippen LogP contribution in [0.5, 0.6) is 0 Å². The molecular weight excluding hydrogens is 583 g/mol. The number of nitrogens with one attached hydrogen (secondary N) is 3. The van der Waals surface area contributed by atoms with Gasteiger partial charge in [-0.05, 0) is 90.9 Å². The lowest BCUT2D eigenvalue weighted by atomic mass is 9.90. The molecule has 45 heavy (non-hydrogen) atoms. The van der Waals surface area contributed by atoms with E-state index in [1.165, 1.54) is 23.9 Å². The van der Waals surface area contributed by atoms with Gasteiger partial charge in [0.1, 0.15) is 17.8 Å². The number of aromatic nitrogens is 4. The van der Waals surface area contributed by atoms with Crippen LogP contribution in [0.15, 0.2) is 12.4 Å². The summed E-state index contributed by atoms with van der Waals surface area (Å²) in [7, 11) is 1.86. The number of alkyl carbamates (subject to hydrolysis) is 1. The molecule has 0 aliphatic heterocycles. The number of carbonyl (C=O) groups is 3. The average Bonchev–Trinajstić information content (AvgIpc) is 3.73. The van der Waals surface area contributed by atoms with Crippen LogP contribution in [0.1, 0.15) is 84.3 Å². The molecule has 2 fully saturated rings. The van der Waals surface area contributed by atoms with Crippen molar-refractivity contribution in [3.8, 4) is 11.3 Å². The zero-order valence-corrected chi connectivity index (χ0v) is 26.8. The minimum Gasteiger partial charge on any atom is -0.465 e. The smallest absolute Gasteiger partial charge is 0.408 e. The summed E-state index contributed by atoms with van der Waals surface area (Å²) in [5.74, 6) is 0.0961. The zero-order chi connectivity index (χ0) is 32.6. The van der Waals surface area contributed by atoms with Gasteiger partial charge in [0.05, 0.1) is 12.4 Å². The second-order valence-corrected chi connectivity index (χ2v) is 13.1. The van der Waals surface area contributed by atoms with Gasteiger partial charge >= 0.3 is 12.2 Å². The fourth-order valence-electron chi connectivity index (χ4n) is 5.56. The Kier molecular flexibility index (Phi) is 11.6. The molecule has 14 heteroatoms. The highest BCUT2D eigenvalue weighted by Gasteiger charge is 2.31. The number of carboxylic acid groups (broad SMARTS) is 1. The molecular formula is C31H47FN8O5. The van der Waals surface area contributed by atoms with Gasteiger partial charge < -0.3 is 25.8 Å². The van der Waals surface area contributed by atoms with Crippen LogP contribution < -0.4 is 16.0 Å². The van der Waals surface area contributed by atoms with E-state index < -0.39 is 23.6 Å². The first-order chi connectivity index (χ1) is 21.4. The van der Waals surface area contributed by atoms with Gasteiger partial charge in [0.25, 0.3) is 0 Å². The number of hydrogen-bond acceptors (Lipinski definition) is 8. The number of hydrogen-bond donors (Lipinski definition) is 4. The topological polar surface area (TPSA) is 164 Å². The molecule has 0 bridgehead atoms. The maximum Gasteiger partial charge on any atom is 0.408 e. The Labute approximate surface area is 263 Å². The molecule has 2 aliphatic carbocycles. The predicted octanol–water partition coefficient (Wildman–Crippen LogP) is 4.48. The van der Waals surface area contributed by atoms with E-state index in [1.54, 1.807) is 31.6 Å². The molecule has 0 aromatic carbocycles. The van der Waals surface area contributed by atoms with E-state index in [9.17, 15) is 23.9 Å². The Morgan fingerprint density at radius 1 is 1.04 bits per heavy atom. The number of ether oxygens (including phenoxy) is 1. The molecule has 0 unspecified atom stereocenters. The third-order valence-electron chi connectivity index (χ3n) is 8.11. The quantitative estimate of drug-likeness (QED) is 0.220. The number of rotatable bonds is 14. The number of amides is 3. The third-order valence-corrected chi connectivity index (χ3v) is 8.11. The highest BCUT2D eigenvalue weighted by Crippen LogP contribution is 2.36. The molecule has 3 amide bonds. The van der Waals surface area contributed by atoms with Crippen molar-refractivity contribution in [3.63, 3.8) is 0 Å². The Morgan fingerprint density at radius 3 is 2.38 bits per heavy atom. The van der Waals surface area contributed by atoms with Crippen LogP contribution in [0.4, 0.5) is 19.9 Å². The van der Waals surface area contributed by atoms with Crippen LogP contribution in [0.3, 0.4) is 0 Å². The monoisotopic (exact) mass is 630 g/mol. The minimum absolute atomic E-state index is 0.00586. The molecule has 2 saturated carbocycles. The van der Waals surface area contributed by atoms with Crippen molar-refractivity contribution >= 4 is 24.0 Å². The summed E-state index contributed by atoms with van der Waals surface area (Å²) in [5.41, 5.74) is 1.33. The first-order valence-corrected chi connectivity index (χ1v) is 15.9. The summed E-state index contributed by atoms with van der Waals surface area (Å²) in [6.07, 6.45) is 9.14. The van der Waals surface area contributed by atoms with Gasteiger partial charge in [0, 0.05) is 43.5 Å². The normalized spacial score (nSPS) is 18.2. The van der Waals surface area contributed by atoms with Crippen molar-refractivity contribution in [1.82, 2.24) is 35.3 Å². The second kappa shape index (κ2) is 15.3. The Bertz CT molecular complexity index is 1320. The second-order valence-electron chi connectivity index (χ2n) is 13.1. The lowest BCUT2D eigenvalue weighted by Gasteiger charge is -2.35. The molecule has 2 aromatic heterocycles. The zero-order valence-electron chi connectivity index (χ0n) is 26.8. The number of halogens is 1. The molecule has 0 spiro atoms. The largest absolute Gasteiger partial charge is 0.465 e. The van der Waals surface area contributed by atoms with Crippen molar-refractivity contribution in [1.29, 1.82) is 0 Å². The number of anilines is 1. The van der Waals surface area contributed by atoms with E-state index in [4.69, 9.17) is 4.74 Å². The molecule has 13 nitrogen and oxygen atoms in total. The van der Waals surface area contributed by atoms with Crippen molar-refractivity contribution in [3.05, 3.63) is 23.9 Å². The Balaban J connectivity index is 1.19. The number of carbonyl (C=O) groups excluding carboxylic acids is 2. The minimum atomic E-state index is -1.13. The highest BCUT2D eigenvalue weighted by atomic mass is 19.1. The first-order valence-electron chi connectivity index (χ1n) is 15.9. The van der Waals surface area contributed by atoms with Crippen molar-refractivity contribution in [2.24, 2.45) is 13.0 Å². The summed E-state index contributed by atoms with van der Waals surface area (Å²) in [6, 6.07) is -0.288. The van der Waals surface area contributed by atoms with Gasteiger partial charge in [0.15, 0.2) is 5.82 Å². The van der Waals surface area contributed by atoms with E-state index in [0.29, 0.717) is 62.6 Å². The molecule has 0 atom stereocenters. The van der Waals surface area contributed by atoms with Crippen LogP contribution in [-0.4, -0.2) is 85.2 Å². The molecule has 0 radical (unpaired) electrons. The lowest BCUT2D eigenvalue weighted by Crippen LogP contribution is -2.48. The van der Waals surface area contributed by atoms with Crippen molar-refractivity contribution in [2.45, 2.75) is 103 Å². The molecule has 2 aliphatic rings. The first kappa shape index (κ1) is 33.9.